The maximum Gasteiger partial charge on any atom is 0.325 e. The molecular formula is C26H29N4O5P. The van der Waals surface area contributed by atoms with Crippen LogP contribution in [0.5, 0.6) is 5.88 Å². The van der Waals surface area contributed by atoms with Gasteiger partial charge in [0.25, 0.3) is 5.56 Å². The van der Waals surface area contributed by atoms with Gasteiger partial charge >= 0.3 is 7.60 Å². The van der Waals surface area contributed by atoms with Gasteiger partial charge < -0.3 is 19.4 Å². The Bertz CT molecular complexity index is 1510. The van der Waals surface area contributed by atoms with Crippen LogP contribution in [0.1, 0.15) is 24.8 Å². The van der Waals surface area contributed by atoms with Crippen molar-refractivity contribution in [1.29, 1.82) is 0 Å². The van der Waals surface area contributed by atoms with E-state index >= 15 is 0 Å². The highest BCUT2D eigenvalue weighted by Gasteiger charge is 2.24. The van der Waals surface area contributed by atoms with Crippen molar-refractivity contribution in [3.8, 4) is 5.88 Å². The number of fused-ring (bicyclic) bond motifs is 2. The molecule has 0 bridgehead atoms. The van der Waals surface area contributed by atoms with Gasteiger partial charge in [-0.3, -0.25) is 9.36 Å². The van der Waals surface area contributed by atoms with E-state index in [-0.39, 0.29) is 23.5 Å². The molecule has 1 aliphatic rings. The van der Waals surface area contributed by atoms with Crippen molar-refractivity contribution in [3.05, 3.63) is 70.6 Å². The number of methoxy groups -OCH3 is 1. The lowest BCUT2D eigenvalue weighted by molar-refractivity contribution is 0.349. The third kappa shape index (κ3) is 5.28. The van der Waals surface area contributed by atoms with Gasteiger partial charge in [-0.1, -0.05) is 36.4 Å². The SMILES string of the molecule is COc1nc(N2CCC(CCP(=O)(O)O)CC2)cc2cnn(Cc3ccc4ccccc4c3)c(=O)c12. The predicted molar refractivity (Wildman–Crippen MR) is 140 cm³/mol. The van der Waals surface area contributed by atoms with Gasteiger partial charge in [0.05, 0.1) is 26.0 Å². The Morgan fingerprint density at radius 1 is 1.06 bits per heavy atom. The van der Waals surface area contributed by atoms with E-state index in [9.17, 15) is 9.36 Å². The number of hydrogen-bond acceptors (Lipinski definition) is 6. The zero-order chi connectivity index (χ0) is 25.3. The second kappa shape index (κ2) is 10.0. The minimum atomic E-state index is -3.97. The van der Waals surface area contributed by atoms with Crippen LogP contribution in [-0.4, -0.2) is 50.9 Å². The number of nitrogens with zero attached hydrogens (tertiary/aromatic N) is 4. The van der Waals surface area contributed by atoms with Gasteiger partial charge in [0, 0.05) is 18.5 Å². The molecular weight excluding hydrogens is 479 g/mol. The third-order valence-corrected chi connectivity index (χ3v) is 7.74. The molecule has 1 fully saturated rings. The van der Waals surface area contributed by atoms with E-state index in [1.807, 2.05) is 36.4 Å². The first-order valence-corrected chi connectivity index (χ1v) is 13.8. The molecule has 188 valence electrons. The summed E-state index contributed by atoms with van der Waals surface area (Å²) in [6.45, 7) is 1.78. The highest BCUT2D eigenvalue weighted by atomic mass is 31.2. The Morgan fingerprint density at radius 3 is 2.53 bits per heavy atom. The Labute approximate surface area is 208 Å². The third-order valence-electron chi connectivity index (χ3n) is 6.89. The zero-order valence-electron chi connectivity index (χ0n) is 20.1. The van der Waals surface area contributed by atoms with Gasteiger partial charge in [-0.05, 0) is 53.6 Å². The first-order valence-electron chi connectivity index (χ1n) is 12.0. The van der Waals surface area contributed by atoms with E-state index in [0.717, 1.165) is 42.3 Å². The van der Waals surface area contributed by atoms with Gasteiger partial charge in [-0.2, -0.15) is 10.1 Å². The van der Waals surface area contributed by atoms with E-state index in [2.05, 4.69) is 27.1 Å². The van der Waals surface area contributed by atoms with Crippen LogP contribution in [0.15, 0.2) is 59.5 Å². The van der Waals surface area contributed by atoms with Gasteiger partial charge in [-0.25, -0.2) is 4.68 Å². The molecule has 0 spiro atoms. The molecule has 36 heavy (non-hydrogen) atoms. The van der Waals surface area contributed by atoms with Crippen LogP contribution >= 0.6 is 7.60 Å². The molecule has 3 heterocycles. The van der Waals surface area contributed by atoms with Gasteiger partial charge in [-0.15, -0.1) is 0 Å². The summed E-state index contributed by atoms with van der Waals surface area (Å²) in [4.78, 5) is 38.4. The minimum Gasteiger partial charge on any atom is -0.480 e. The molecule has 0 unspecified atom stereocenters. The van der Waals surface area contributed by atoms with Crippen molar-refractivity contribution in [2.75, 3.05) is 31.3 Å². The molecule has 10 heteroatoms. The maximum absolute atomic E-state index is 13.4. The average Bonchev–Trinajstić information content (AvgIpc) is 2.88. The van der Waals surface area contributed by atoms with Crippen LogP contribution in [0.2, 0.25) is 0 Å². The van der Waals surface area contributed by atoms with Crippen molar-refractivity contribution in [1.82, 2.24) is 14.8 Å². The Kier molecular flexibility index (Phi) is 6.79. The van der Waals surface area contributed by atoms with E-state index < -0.39 is 7.60 Å². The topological polar surface area (TPSA) is 118 Å². The van der Waals surface area contributed by atoms with Crippen molar-refractivity contribution in [2.24, 2.45) is 5.92 Å². The van der Waals surface area contributed by atoms with Crippen LogP contribution in [0, 0.1) is 5.92 Å². The lowest BCUT2D eigenvalue weighted by Crippen LogP contribution is -2.34. The maximum atomic E-state index is 13.4. The summed E-state index contributed by atoms with van der Waals surface area (Å²) < 4.78 is 18.2. The lowest BCUT2D eigenvalue weighted by Gasteiger charge is -2.33. The fourth-order valence-electron chi connectivity index (χ4n) is 4.89. The number of anilines is 1. The quantitative estimate of drug-likeness (QED) is 0.362. The number of hydrogen-bond donors (Lipinski definition) is 2. The van der Waals surface area contributed by atoms with Crippen LogP contribution in [0.3, 0.4) is 0 Å². The summed E-state index contributed by atoms with van der Waals surface area (Å²) in [6, 6.07) is 16.1. The number of rotatable bonds is 7. The molecule has 0 amide bonds. The molecule has 0 atom stereocenters. The second-order valence-electron chi connectivity index (χ2n) is 9.35. The molecule has 2 aromatic heterocycles. The average molecular weight is 509 g/mol. The second-order valence-corrected chi connectivity index (χ2v) is 11.1. The summed E-state index contributed by atoms with van der Waals surface area (Å²) >= 11 is 0. The number of benzene rings is 2. The fraction of sp³-hybridized carbons (Fsp3) is 0.346. The monoisotopic (exact) mass is 508 g/mol. The Balaban J connectivity index is 1.38. The minimum absolute atomic E-state index is 0.0726. The number of ether oxygens (including phenoxy) is 1. The van der Waals surface area contributed by atoms with Crippen LogP contribution in [0.4, 0.5) is 5.82 Å². The fourth-order valence-corrected chi connectivity index (χ4v) is 5.59. The lowest BCUT2D eigenvalue weighted by atomic mass is 9.94. The summed E-state index contributed by atoms with van der Waals surface area (Å²) in [7, 11) is -2.46. The number of aromatic nitrogens is 3. The molecule has 0 radical (unpaired) electrons. The normalized spacial score (nSPS) is 15.0. The molecule has 9 nitrogen and oxygen atoms in total. The van der Waals surface area contributed by atoms with Crippen molar-refractivity contribution < 1.29 is 19.1 Å². The molecule has 4 aromatic rings. The summed E-state index contributed by atoms with van der Waals surface area (Å²) in [5.74, 6) is 1.26. The standard InChI is InChI=1S/C26H29N4O5P/c1-35-25-24-22(15-23(28-25)29-11-8-18(9-12-29)10-13-36(32,33)34)16-27-30(26(24)31)17-19-6-7-20-4-2-3-5-21(20)14-19/h2-7,14-16,18H,8-13,17H2,1H3,(H2,32,33,34). The predicted octanol–water partition coefficient (Wildman–Crippen LogP) is 3.79. The highest BCUT2D eigenvalue weighted by Crippen LogP contribution is 2.38. The summed E-state index contributed by atoms with van der Waals surface area (Å²) in [6.07, 6.45) is 3.78. The molecule has 1 aliphatic heterocycles. The van der Waals surface area contributed by atoms with E-state index in [4.69, 9.17) is 14.5 Å². The summed E-state index contributed by atoms with van der Waals surface area (Å²) in [5.41, 5.74) is 0.723. The van der Waals surface area contributed by atoms with Crippen molar-refractivity contribution in [2.45, 2.75) is 25.8 Å². The van der Waals surface area contributed by atoms with Gasteiger partial charge in [0.15, 0.2) is 0 Å². The largest absolute Gasteiger partial charge is 0.480 e. The molecule has 1 saturated heterocycles. The molecule has 2 aromatic carbocycles. The molecule has 0 saturated carbocycles. The van der Waals surface area contributed by atoms with Crippen molar-refractivity contribution >= 4 is 35.0 Å². The van der Waals surface area contributed by atoms with Crippen molar-refractivity contribution in [3.63, 3.8) is 0 Å². The van der Waals surface area contributed by atoms with E-state index in [0.29, 0.717) is 29.6 Å². The molecule has 5 rings (SSSR count). The number of piperidine rings is 1. The molecule has 0 aliphatic carbocycles. The molecule has 2 N–H and O–H groups in total. The van der Waals surface area contributed by atoms with Crippen LogP contribution in [-0.2, 0) is 11.1 Å². The van der Waals surface area contributed by atoms with Crippen LogP contribution in [0.25, 0.3) is 21.5 Å². The van der Waals surface area contributed by atoms with Gasteiger partial charge in [0.2, 0.25) is 5.88 Å². The van der Waals surface area contributed by atoms with Crippen LogP contribution < -0.4 is 15.2 Å². The zero-order valence-corrected chi connectivity index (χ0v) is 21.0. The number of pyridine rings is 1. The highest BCUT2D eigenvalue weighted by molar-refractivity contribution is 7.51. The van der Waals surface area contributed by atoms with E-state index in [1.54, 1.807) is 6.20 Å². The Morgan fingerprint density at radius 2 is 1.81 bits per heavy atom. The van der Waals surface area contributed by atoms with E-state index in [1.165, 1.54) is 11.8 Å². The Hall–Kier alpha value is -3.26. The first-order chi connectivity index (χ1) is 17.3. The first kappa shape index (κ1) is 24.4. The summed E-state index contributed by atoms with van der Waals surface area (Å²) in [5, 5.41) is 7.75. The smallest absolute Gasteiger partial charge is 0.325 e. The van der Waals surface area contributed by atoms with Gasteiger partial charge in [0.1, 0.15) is 11.2 Å².